The number of nitrogen functional groups attached to an aromatic ring is 1. The van der Waals surface area contributed by atoms with Crippen molar-refractivity contribution in [3.05, 3.63) is 12.0 Å². The van der Waals surface area contributed by atoms with Crippen molar-refractivity contribution < 1.29 is 0 Å². The highest BCUT2D eigenvalue weighted by Gasteiger charge is 2.09. The highest BCUT2D eigenvalue weighted by Crippen LogP contribution is 2.13. The molecule has 0 aliphatic rings. The Balaban J connectivity index is 2.95. The second-order valence-corrected chi connectivity index (χ2v) is 2.57. The van der Waals surface area contributed by atoms with E-state index in [9.17, 15) is 0 Å². The molecule has 2 aromatic heterocycles. The molecule has 0 atom stereocenters. The van der Waals surface area contributed by atoms with Gasteiger partial charge < -0.3 is 10.3 Å². The largest absolute Gasteiger partial charge is 0.368 e. The van der Waals surface area contributed by atoms with E-state index >= 15 is 0 Å². The van der Waals surface area contributed by atoms with Crippen molar-refractivity contribution in [1.82, 2.24) is 19.5 Å². The Morgan fingerprint density at radius 3 is 3.00 bits per heavy atom. The molecule has 0 unspecified atom stereocenters. The van der Waals surface area contributed by atoms with Crippen LogP contribution in [0.1, 0.15) is 5.69 Å². The molecule has 0 aliphatic heterocycles. The molecule has 0 radical (unpaired) electrons. The molecule has 6 nitrogen and oxygen atoms in total. The van der Waals surface area contributed by atoms with E-state index in [1.54, 1.807) is 17.9 Å². The number of hydrogen-bond donors (Lipinski definition) is 1. The molecule has 0 spiro atoms. The molecule has 0 amide bonds. The van der Waals surface area contributed by atoms with Gasteiger partial charge in [0.1, 0.15) is 11.6 Å². The van der Waals surface area contributed by atoms with Crippen LogP contribution in [0.25, 0.3) is 11.2 Å². The Labute approximate surface area is 73.7 Å². The SMILES string of the molecule is Cn1cnc2nc(N)nc(C#N)c21. The van der Waals surface area contributed by atoms with Gasteiger partial charge in [-0.25, -0.2) is 4.98 Å². The first-order chi connectivity index (χ1) is 6.22. The maximum absolute atomic E-state index is 8.77. The van der Waals surface area contributed by atoms with Crippen LogP contribution < -0.4 is 5.73 Å². The summed E-state index contributed by atoms with van der Waals surface area (Å²) in [5, 5.41) is 8.77. The predicted molar refractivity (Wildman–Crippen MR) is 45.4 cm³/mol. The van der Waals surface area contributed by atoms with Crippen LogP contribution in [0.4, 0.5) is 5.95 Å². The zero-order chi connectivity index (χ0) is 9.42. The summed E-state index contributed by atoms with van der Waals surface area (Å²) in [5.41, 5.74) is 6.70. The van der Waals surface area contributed by atoms with Gasteiger partial charge in [-0.2, -0.15) is 15.2 Å². The third-order valence-corrected chi connectivity index (χ3v) is 1.69. The molecule has 2 aromatic rings. The first-order valence-corrected chi connectivity index (χ1v) is 3.57. The fourth-order valence-electron chi connectivity index (χ4n) is 1.15. The Hall–Kier alpha value is -2.16. The minimum Gasteiger partial charge on any atom is -0.368 e. The average Bonchev–Trinajstić information content (AvgIpc) is 2.46. The smallest absolute Gasteiger partial charge is 0.223 e. The van der Waals surface area contributed by atoms with Crippen molar-refractivity contribution in [3.63, 3.8) is 0 Å². The number of nitriles is 1. The Morgan fingerprint density at radius 2 is 2.31 bits per heavy atom. The van der Waals surface area contributed by atoms with Gasteiger partial charge in [0.25, 0.3) is 0 Å². The number of anilines is 1. The lowest BCUT2D eigenvalue weighted by atomic mass is 10.4. The van der Waals surface area contributed by atoms with Crippen molar-refractivity contribution in [2.24, 2.45) is 7.05 Å². The highest BCUT2D eigenvalue weighted by atomic mass is 15.1. The minimum atomic E-state index is 0.0720. The van der Waals surface area contributed by atoms with Gasteiger partial charge in [0.05, 0.1) is 6.33 Å². The Kier molecular flexibility index (Phi) is 1.39. The summed E-state index contributed by atoms with van der Waals surface area (Å²) in [6.07, 6.45) is 1.57. The summed E-state index contributed by atoms with van der Waals surface area (Å²) < 4.78 is 1.69. The molecule has 0 fully saturated rings. The van der Waals surface area contributed by atoms with Crippen LogP contribution in [-0.4, -0.2) is 19.5 Å². The third kappa shape index (κ3) is 0.980. The molecule has 2 rings (SSSR count). The molecule has 0 saturated heterocycles. The van der Waals surface area contributed by atoms with E-state index in [1.165, 1.54) is 0 Å². The first kappa shape index (κ1) is 7.49. The fourth-order valence-corrected chi connectivity index (χ4v) is 1.15. The summed E-state index contributed by atoms with van der Waals surface area (Å²) in [4.78, 5) is 11.7. The second-order valence-electron chi connectivity index (χ2n) is 2.57. The highest BCUT2D eigenvalue weighted by molar-refractivity contribution is 5.77. The van der Waals surface area contributed by atoms with Gasteiger partial charge in [0, 0.05) is 7.05 Å². The van der Waals surface area contributed by atoms with E-state index in [4.69, 9.17) is 11.0 Å². The Morgan fingerprint density at radius 1 is 1.54 bits per heavy atom. The molecular formula is C7H6N6. The summed E-state index contributed by atoms with van der Waals surface area (Å²) in [5.74, 6) is 0.0720. The molecule has 0 aliphatic carbocycles. The van der Waals surface area contributed by atoms with Crippen LogP contribution in [0.5, 0.6) is 0 Å². The number of imidazole rings is 1. The van der Waals surface area contributed by atoms with Gasteiger partial charge in [-0.15, -0.1) is 0 Å². The van der Waals surface area contributed by atoms with Crippen molar-refractivity contribution in [1.29, 1.82) is 5.26 Å². The molecule has 13 heavy (non-hydrogen) atoms. The normalized spacial score (nSPS) is 10.2. The predicted octanol–water partition coefficient (Wildman–Crippen LogP) is -0.183. The third-order valence-electron chi connectivity index (χ3n) is 1.69. The molecule has 2 N–H and O–H groups in total. The lowest BCUT2D eigenvalue weighted by Crippen LogP contribution is -1.99. The first-order valence-electron chi connectivity index (χ1n) is 3.57. The monoisotopic (exact) mass is 174 g/mol. The molecule has 0 aromatic carbocycles. The fraction of sp³-hybridized carbons (Fsp3) is 0.143. The van der Waals surface area contributed by atoms with Gasteiger partial charge in [-0.1, -0.05) is 0 Å². The van der Waals surface area contributed by atoms with E-state index in [-0.39, 0.29) is 11.6 Å². The molecule has 0 saturated carbocycles. The molecule has 0 bridgehead atoms. The van der Waals surface area contributed by atoms with Crippen LogP contribution in [0, 0.1) is 11.3 Å². The molecule has 64 valence electrons. The maximum atomic E-state index is 8.77. The number of nitrogens with zero attached hydrogens (tertiary/aromatic N) is 5. The van der Waals surface area contributed by atoms with E-state index in [0.717, 1.165) is 0 Å². The average molecular weight is 174 g/mol. The number of rotatable bonds is 0. The lowest BCUT2D eigenvalue weighted by molar-refractivity contribution is 0.942. The van der Waals surface area contributed by atoms with E-state index in [0.29, 0.717) is 11.2 Å². The van der Waals surface area contributed by atoms with Gasteiger partial charge >= 0.3 is 0 Å². The second kappa shape index (κ2) is 2.42. The zero-order valence-electron chi connectivity index (χ0n) is 6.89. The van der Waals surface area contributed by atoms with E-state index in [2.05, 4.69) is 15.0 Å². The van der Waals surface area contributed by atoms with Gasteiger partial charge in [-0.3, -0.25) is 0 Å². The van der Waals surface area contributed by atoms with Gasteiger partial charge in [-0.05, 0) is 0 Å². The van der Waals surface area contributed by atoms with Crippen LogP contribution in [0.15, 0.2) is 6.33 Å². The lowest BCUT2D eigenvalue weighted by Gasteiger charge is -1.96. The van der Waals surface area contributed by atoms with E-state index in [1.807, 2.05) is 6.07 Å². The number of aryl methyl sites for hydroxylation is 1. The summed E-state index contributed by atoms with van der Waals surface area (Å²) >= 11 is 0. The standard InChI is InChI=1S/C7H6N6/c1-13-3-10-6-5(13)4(2-8)11-7(9)12-6/h3H,1H3,(H2,9,11,12). The number of hydrogen-bond acceptors (Lipinski definition) is 5. The van der Waals surface area contributed by atoms with Crippen LogP contribution >= 0.6 is 0 Å². The van der Waals surface area contributed by atoms with Gasteiger partial charge in [0.2, 0.25) is 5.95 Å². The molecular weight excluding hydrogens is 168 g/mol. The zero-order valence-corrected chi connectivity index (χ0v) is 6.89. The maximum Gasteiger partial charge on any atom is 0.223 e. The van der Waals surface area contributed by atoms with Gasteiger partial charge in [0.15, 0.2) is 11.3 Å². The number of fused-ring (bicyclic) bond motifs is 1. The van der Waals surface area contributed by atoms with Crippen LogP contribution in [0.2, 0.25) is 0 Å². The van der Waals surface area contributed by atoms with Crippen LogP contribution in [0.3, 0.4) is 0 Å². The molecule has 2 heterocycles. The number of nitrogens with two attached hydrogens (primary N) is 1. The minimum absolute atomic E-state index is 0.0720. The summed E-state index contributed by atoms with van der Waals surface area (Å²) in [6.45, 7) is 0. The van der Waals surface area contributed by atoms with E-state index < -0.39 is 0 Å². The quantitative estimate of drug-likeness (QED) is 0.597. The molecule has 6 heteroatoms. The summed E-state index contributed by atoms with van der Waals surface area (Å²) in [6, 6.07) is 1.95. The topological polar surface area (TPSA) is 93.4 Å². The number of aromatic nitrogens is 4. The van der Waals surface area contributed by atoms with Crippen molar-refractivity contribution in [3.8, 4) is 6.07 Å². The Bertz CT molecular complexity index is 505. The van der Waals surface area contributed by atoms with Crippen molar-refractivity contribution >= 4 is 17.1 Å². The van der Waals surface area contributed by atoms with Crippen molar-refractivity contribution in [2.75, 3.05) is 5.73 Å². The summed E-state index contributed by atoms with van der Waals surface area (Å²) in [7, 11) is 1.77. The van der Waals surface area contributed by atoms with Crippen molar-refractivity contribution in [2.45, 2.75) is 0 Å². The van der Waals surface area contributed by atoms with Crippen LogP contribution in [-0.2, 0) is 7.05 Å².